The summed E-state index contributed by atoms with van der Waals surface area (Å²) in [6, 6.07) is 15.8. The number of hydrogen-bond donors (Lipinski definition) is 0. The molecule has 0 saturated carbocycles. The lowest BCUT2D eigenvalue weighted by Crippen LogP contribution is -2.45. The maximum atomic E-state index is 6.74. The Morgan fingerprint density at radius 2 is 1.43 bits per heavy atom. The van der Waals surface area contributed by atoms with Gasteiger partial charge < -0.3 is 18.8 Å². The lowest BCUT2D eigenvalue weighted by atomic mass is 9.81. The Balaban J connectivity index is 1.18. The summed E-state index contributed by atoms with van der Waals surface area (Å²) in [4.78, 5) is 0. The van der Waals surface area contributed by atoms with Crippen LogP contribution in [0, 0.1) is 3.57 Å². The predicted molar refractivity (Wildman–Crippen MR) is 165 cm³/mol. The Bertz CT molecular complexity index is 1460. The van der Waals surface area contributed by atoms with Gasteiger partial charge in [0.15, 0.2) is 0 Å². The van der Waals surface area contributed by atoms with E-state index < -0.39 is 18.3 Å². The van der Waals surface area contributed by atoms with E-state index in [-0.39, 0.29) is 0 Å². The summed E-state index contributed by atoms with van der Waals surface area (Å²) < 4.78 is 28.6. The minimum absolute atomic E-state index is 0.461. The van der Waals surface area contributed by atoms with E-state index in [2.05, 4.69) is 32.8 Å². The Kier molecular flexibility index (Phi) is 8.73. The molecule has 210 valence electrons. The smallest absolute Gasteiger partial charge is 0.497 e. The van der Waals surface area contributed by atoms with Crippen molar-refractivity contribution in [2.75, 3.05) is 13.7 Å². The zero-order chi connectivity index (χ0) is 28.5. The van der Waals surface area contributed by atoms with Crippen LogP contribution in [0.2, 0.25) is 10.3 Å². The molecule has 0 bridgehead atoms. The molecule has 1 saturated heterocycles. The molecule has 0 radical (unpaired) electrons. The van der Waals surface area contributed by atoms with Gasteiger partial charge in [-0.2, -0.15) is 10.2 Å². The Morgan fingerprint density at radius 1 is 0.850 bits per heavy atom. The van der Waals surface area contributed by atoms with Crippen LogP contribution in [0.1, 0.15) is 38.3 Å². The van der Waals surface area contributed by atoms with Gasteiger partial charge in [-0.05, 0) is 78.8 Å². The largest absolute Gasteiger partial charge is 0.499 e. The van der Waals surface area contributed by atoms with Gasteiger partial charge in [0, 0.05) is 11.9 Å². The van der Waals surface area contributed by atoms with Gasteiger partial charge in [-0.25, -0.2) is 9.36 Å². The van der Waals surface area contributed by atoms with E-state index in [1.165, 1.54) is 0 Å². The summed E-state index contributed by atoms with van der Waals surface area (Å²) >= 11 is 15.2. The molecule has 0 spiro atoms. The van der Waals surface area contributed by atoms with E-state index in [4.69, 9.17) is 42.0 Å². The lowest BCUT2D eigenvalue weighted by Gasteiger charge is -2.36. The number of rotatable bonds is 10. The van der Waals surface area contributed by atoms with Crippen molar-refractivity contribution in [1.82, 2.24) is 19.6 Å². The van der Waals surface area contributed by atoms with Crippen LogP contribution >= 0.6 is 45.8 Å². The predicted octanol–water partition coefficient (Wildman–Crippen LogP) is 5.84. The average Bonchev–Trinajstić information content (AvgIpc) is 3.53. The second-order valence-electron chi connectivity index (χ2n) is 10.4. The highest BCUT2D eigenvalue weighted by Gasteiger charge is 2.55. The molecule has 4 aromatic rings. The first-order valence-corrected chi connectivity index (χ1v) is 14.7. The van der Waals surface area contributed by atoms with Crippen molar-refractivity contribution in [3.05, 3.63) is 85.9 Å². The van der Waals surface area contributed by atoms with Gasteiger partial charge in [0.1, 0.15) is 21.8 Å². The minimum Gasteiger partial charge on any atom is -0.497 e. The van der Waals surface area contributed by atoms with Gasteiger partial charge in [-0.3, -0.25) is 0 Å². The summed E-state index contributed by atoms with van der Waals surface area (Å²) in [6.07, 6.45) is 4.09. The Labute approximate surface area is 258 Å². The third-order valence-corrected chi connectivity index (χ3v) is 9.35. The molecule has 0 amide bonds. The van der Waals surface area contributed by atoms with Gasteiger partial charge in [0.05, 0.1) is 54.0 Å². The molecule has 40 heavy (non-hydrogen) atoms. The molecule has 1 unspecified atom stereocenters. The molecule has 1 atom stereocenters. The normalized spacial score (nSPS) is 18.3. The van der Waals surface area contributed by atoms with Crippen molar-refractivity contribution in [3.8, 4) is 11.5 Å². The fourth-order valence-electron chi connectivity index (χ4n) is 4.52. The maximum absolute atomic E-state index is 6.74. The van der Waals surface area contributed by atoms with Crippen LogP contribution in [-0.2, 0) is 22.4 Å². The van der Waals surface area contributed by atoms with Crippen LogP contribution in [0.4, 0.5) is 0 Å². The third-order valence-electron chi connectivity index (χ3n) is 7.43. The van der Waals surface area contributed by atoms with Crippen molar-refractivity contribution in [1.29, 1.82) is 0 Å². The number of halogens is 3. The first kappa shape index (κ1) is 29.3. The lowest BCUT2D eigenvalue weighted by molar-refractivity contribution is -0.0234. The third kappa shape index (κ3) is 6.16. The topological polar surface area (TPSA) is 72.6 Å². The zero-order valence-electron chi connectivity index (χ0n) is 22.7. The first-order valence-electron chi connectivity index (χ1n) is 12.9. The average molecular weight is 695 g/mol. The van der Waals surface area contributed by atoms with Crippen LogP contribution in [0.25, 0.3) is 0 Å². The van der Waals surface area contributed by atoms with Crippen molar-refractivity contribution < 1.29 is 18.8 Å². The molecule has 12 heteroatoms. The quantitative estimate of drug-likeness (QED) is 0.153. The Morgan fingerprint density at radius 3 is 2.00 bits per heavy atom. The fraction of sp³-hybridized carbons (Fsp3) is 0.357. The van der Waals surface area contributed by atoms with E-state index in [9.17, 15) is 0 Å². The molecule has 1 fully saturated rings. The van der Waals surface area contributed by atoms with Crippen LogP contribution in [0.5, 0.6) is 11.5 Å². The number of methoxy groups -OCH3 is 1. The monoisotopic (exact) mass is 694 g/mol. The van der Waals surface area contributed by atoms with Crippen molar-refractivity contribution >= 4 is 58.4 Å². The second kappa shape index (κ2) is 11.9. The second-order valence-corrected chi connectivity index (χ2v) is 12.3. The number of benzene rings is 2. The van der Waals surface area contributed by atoms with E-state index >= 15 is 0 Å². The van der Waals surface area contributed by atoms with Crippen LogP contribution in [0.15, 0.2) is 60.9 Å². The maximum Gasteiger partial charge on any atom is 0.499 e. The minimum atomic E-state index is -0.631. The molecule has 8 nitrogen and oxygen atoms in total. The van der Waals surface area contributed by atoms with Crippen molar-refractivity contribution in [2.45, 2.75) is 51.5 Å². The van der Waals surface area contributed by atoms with Crippen LogP contribution in [-0.4, -0.2) is 51.6 Å². The molecule has 3 heterocycles. The highest BCUT2D eigenvalue weighted by atomic mass is 127. The van der Waals surface area contributed by atoms with E-state index in [0.717, 1.165) is 26.2 Å². The van der Waals surface area contributed by atoms with Gasteiger partial charge in [-0.15, -0.1) is 0 Å². The van der Waals surface area contributed by atoms with E-state index in [0.29, 0.717) is 41.9 Å². The van der Waals surface area contributed by atoms with Gasteiger partial charge >= 0.3 is 7.12 Å². The number of nitrogens with zero attached hydrogens (tertiary/aromatic N) is 4. The molecule has 5 rings (SSSR count). The summed E-state index contributed by atoms with van der Waals surface area (Å²) in [5.41, 5.74) is 1.66. The molecular weight excluding hydrogens is 665 g/mol. The fourth-order valence-corrected chi connectivity index (χ4v) is 5.32. The molecule has 1 aliphatic rings. The Hall–Kier alpha value is -2.25. The molecule has 1 aliphatic heterocycles. The number of hydrogen-bond acceptors (Lipinski definition) is 6. The zero-order valence-corrected chi connectivity index (χ0v) is 26.4. The van der Waals surface area contributed by atoms with Gasteiger partial charge in [0.2, 0.25) is 0 Å². The number of ether oxygens (including phenoxy) is 2. The van der Waals surface area contributed by atoms with Crippen molar-refractivity contribution in [3.63, 3.8) is 0 Å². The molecular formula is C28H30BCl2IN4O4. The van der Waals surface area contributed by atoms with Crippen LogP contribution < -0.4 is 14.9 Å². The van der Waals surface area contributed by atoms with E-state index in [1.807, 2.05) is 69.3 Å². The van der Waals surface area contributed by atoms with Gasteiger partial charge in [-0.1, -0.05) is 47.5 Å². The van der Waals surface area contributed by atoms with Crippen molar-refractivity contribution in [2.24, 2.45) is 0 Å². The van der Waals surface area contributed by atoms with Crippen LogP contribution in [0.3, 0.4) is 0 Å². The molecule has 0 N–H and O–H groups in total. The standard InChI is InChI=1S/C28H30BCl2IN4O4/c1-27(2)28(3,13-14-38-22-11-7-20(8-12-22)18-36-26(31)24(32)16-34-36)40-29(39-27)23-15-33-35(25(23)30)17-19-5-9-21(37-4)10-6-19/h5-12,15-16H,13-14,17-18H2,1-4H3. The van der Waals surface area contributed by atoms with Gasteiger partial charge in [0.25, 0.3) is 0 Å². The SMILES string of the molecule is COc1ccc(Cn2ncc(B3OC(C)(C)C(C)(CCOc4ccc(Cn5ncc(I)c5Cl)cc4)O3)c2Cl)cc1. The summed E-state index contributed by atoms with van der Waals surface area (Å²) in [5.74, 6) is 1.58. The summed E-state index contributed by atoms with van der Waals surface area (Å²) in [7, 11) is 1.02. The first-order chi connectivity index (χ1) is 19.1. The number of aromatic nitrogens is 4. The highest BCUT2D eigenvalue weighted by Crippen LogP contribution is 2.40. The summed E-state index contributed by atoms with van der Waals surface area (Å²) in [5, 5.41) is 9.93. The summed E-state index contributed by atoms with van der Waals surface area (Å²) in [6.45, 7) is 7.68. The van der Waals surface area contributed by atoms with E-state index in [1.54, 1.807) is 28.9 Å². The molecule has 0 aliphatic carbocycles. The molecule has 2 aromatic heterocycles. The molecule has 2 aromatic carbocycles. The highest BCUT2D eigenvalue weighted by molar-refractivity contribution is 14.1.